The van der Waals surface area contributed by atoms with Crippen molar-refractivity contribution in [2.24, 2.45) is 23.5 Å². The van der Waals surface area contributed by atoms with E-state index >= 15 is 0 Å². The molecular formula is C40H42N4O4. The van der Waals surface area contributed by atoms with Gasteiger partial charge in [0.2, 0.25) is 11.8 Å². The number of carbonyl (C=O) groups excluding carboxylic acids is 3. The largest absolute Gasteiger partial charge is 0.457 e. The predicted octanol–water partition coefficient (Wildman–Crippen LogP) is 7.13. The number of rotatable bonds is 13. The summed E-state index contributed by atoms with van der Waals surface area (Å²) in [6.45, 7) is 4.27. The van der Waals surface area contributed by atoms with Crippen LogP contribution in [0.3, 0.4) is 0 Å². The molecule has 1 aliphatic carbocycles. The molecule has 1 saturated carbocycles. The van der Waals surface area contributed by atoms with Crippen LogP contribution in [0.25, 0.3) is 0 Å². The minimum absolute atomic E-state index is 0.206. The van der Waals surface area contributed by atoms with Crippen LogP contribution in [-0.2, 0) is 20.9 Å². The maximum Gasteiger partial charge on any atom is 0.251 e. The highest BCUT2D eigenvalue weighted by Crippen LogP contribution is 2.39. The van der Waals surface area contributed by atoms with Crippen LogP contribution < -0.4 is 25.6 Å². The van der Waals surface area contributed by atoms with Crippen molar-refractivity contribution in [1.29, 1.82) is 0 Å². The second-order valence-electron chi connectivity index (χ2n) is 12.7. The molecule has 4 aromatic carbocycles. The Morgan fingerprint density at radius 2 is 1.54 bits per heavy atom. The van der Waals surface area contributed by atoms with Gasteiger partial charge < -0.3 is 25.6 Å². The van der Waals surface area contributed by atoms with Crippen LogP contribution in [0.4, 0.5) is 17.1 Å². The quantitative estimate of drug-likeness (QED) is 0.151. The number of hydrogen-bond acceptors (Lipinski definition) is 5. The van der Waals surface area contributed by atoms with Gasteiger partial charge in [-0.1, -0.05) is 86.0 Å². The predicted molar refractivity (Wildman–Crippen MR) is 189 cm³/mol. The van der Waals surface area contributed by atoms with Gasteiger partial charge in [-0.2, -0.15) is 0 Å². The maximum atomic E-state index is 14.7. The molecule has 3 atom stereocenters. The third kappa shape index (κ3) is 7.44. The van der Waals surface area contributed by atoms with Crippen LogP contribution in [0.1, 0.15) is 37.7 Å². The molecule has 0 spiro atoms. The number of ether oxygens (including phenoxy) is 1. The summed E-state index contributed by atoms with van der Waals surface area (Å²) in [5.41, 5.74) is 9.18. The van der Waals surface area contributed by atoms with Gasteiger partial charge in [0.05, 0.1) is 36.3 Å². The van der Waals surface area contributed by atoms with E-state index in [1.54, 1.807) is 11.0 Å². The summed E-state index contributed by atoms with van der Waals surface area (Å²) >= 11 is 0. The Balaban J connectivity index is 1.35. The van der Waals surface area contributed by atoms with Gasteiger partial charge in [-0.15, -0.1) is 6.58 Å². The minimum Gasteiger partial charge on any atom is -0.457 e. The molecule has 3 N–H and O–H groups in total. The fourth-order valence-electron chi connectivity index (χ4n) is 6.70. The fraction of sp³-hybridized carbons (Fsp3) is 0.275. The number of anilines is 3. The Hall–Kier alpha value is -5.37. The summed E-state index contributed by atoms with van der Waals surface area (Å²) in [5.74, 6) is -0.737. The Bertz CT molecular complexity index is 1740. The van der Waals surface area contributed by atoms with Gasteiger partial charge in [0.15, 0.2) is 0 Å². The van der Waals surface area contributed by atoms with Gasteiger partial charge in [0.25, 0.3) is 5.91 Å². The second-order valence-corrected chi connectivity index (χ2v) is 12.7. The lowest BCUT2D eigenvalue weighted by atomic mass is 9.74. The third-order valence-electron chi connectivity index (χ3n) is 9.42. The zero-order chi connectivity index (χ0) is 33.5. The number of fused-ring (bicyclic) bond motifs is 1. The molecule has 1 heterocycles. The van der Waals surface area contributed by atoms with Crippen LogP contribution in [0.5, 0.6) is 11.5 Å². The monoisotopic (exact) mass is 642 g/mol. The van der Waals surface area contributed by atoms with E-state index in [-0.39, 0.29) is 24.9 Å². The highest BCUT2D eigenvalue weighted by atomic mass is 16.5. The molecule has 1 aliphatic heterocycles. The number of nitrogens with one attached hydrogen (secondary N) is 1. The summed E-state index contributed by atoms with van der Waals surface area (Å²) in [6.07, 6.45) is 5.63. The molecule has 0 bridgehead atoms. The summed E-state index contributed by atoms with van der Waals surface area (Å²) in [7, 11) is 0. The summed E-state index contributed by atoms with van der Waals surface area (Å²) in [4.78, 5) is 45.3. The molecule has 6 rings (SSSR count). The first-order valence-corrected chi connectivity index (χ1v) is 16.7. The average molecular weight is 643 g/mol. The van der Waals surface area contributed by atoms with Crippen molar-refractivity contribution >= 4 is 34.8 Å². The first kappa shape index (κ1) is 32.6. The molecule has 3 unspecified atom stereocenters. The van der Waals surface area contributed by atoms with E-state index in [0.717, 1.165) is 41.9 Å². The van der Waals surface area contributed by atoms with Crippen molar-refractivity contribution in [3.63, 3.8) is 0 Å². The molecule has 8 heteroatoms. The zero-order valence-electron chi connectivity index (χ0n) is 27.0. The topological polar surface area (TPSA) is 105 Å². The number of nitrogens with zero attached hydrogens (tertiary/aromatic N) is 2. The van der Waals surface area contributed by atoms with E-state index in [1.165, 1.54) is 0 Å². The third-order valence-corrected chi connectivity index (χ3v) is 9.42. The first-order valence-electron chi connectivity index (χ1n) is 16.7. The molecule has 2 aliphatic rings. The van der Waals surface area contributed by atoms with E-state index in [2.05, 4.69) is 16.8 Å². The lowest BCUT2D eigenvalue weighted by molar-refractivity contribution is -0.136. The Morgan fingerprint density at radius 1 is 0.875 bits per heavy atom. The van der Waals surface area contributed by atoms with E-state index < -0.39 is 23.8 Å². The normalized spacial score (nSPS) is 17.3. The number of allylic oxidation sites excluding steroid dienone is 1. The molecule has 3 amide bonds. The van der Waals surface area contributed by atoms with E-state index in [0.29, 0.717) is 30.3 Å². The van der Waals surface area contributed by atoms with E-state index in [9.17, 15) is 14.4 Å². The molecular weight excluding hydrogens is 600 g/mol. The maximum absolute atomic E-state index is 14.7. The fourth-order valence-corrected chi connectivity index (χ4v) is 6.70. The second kappa shape index (κ2) is 15.0. The molecule has 48 heavy (non-hydrogen) atoms. The van der Waals surface area contributed by atoms with Crippen LogP contribution in [0, 0.1) is 17.8 Å². The van der Waals surface area contributed by atoms with Crippen molar-refractivity contribution in [1.82, 2.24) is 5.32 Å². The van der Waals surface area contributed by atoms with Crippen molar-refractivity contribution in [3.8, 4) is 11.5 Å². The SMILES string of the molecule is C=CCC(C(N)=O)C(CC1CCC1)C(=O)NC1CN(c2ccccc2)c2ccccc2N(Cc2cccc(Oc3ccccc3)c2)C1=O. The van der Waals surface area contributed by atoms with Crippen LogP contribution in [0.15, 0.2) is 122 Å². The molecule has 246 valence electrons. The van der Waals surface area contributed by atoms with Gasteiger partial charge in [0, 0.05) is 5.69 Å². The highest BCUT2D eigenvalue weighted by Gasteiger charge is 2.40. The Kier molecular flexibility index (Phi) is 10.2. The van der Waals surface area contributed by atoms with Crippen LogP contribution >= 0.6 is 0 Å². The van der Waals surface area contributed by atoms with Crippen molar-refractivity contribution in [3.05, 3.63) is 127 Å². The van der Waals surface area contributed by atoms with Crippen molar-refractivity contribution < 1.29 is 19.1 Å². The smallest absolute Gasteiger partial charge is 0.251 e. The number of carbonyl (C=O) groups is 3. The molecule has 8 nitrogen and oxygen atoms in total. The lowest BCUT2D eigenvalue weighted by Gasteiger charge is -2.33. The molecule has 1 fully saturated rings. The molecule has 0 aromatic heterocycles. The van der Waals surface area contributed by atoms with Crippen LogP contribution in [-0.4, -0.2) is 30.3 Å². The van der Waals surface area contributed by atoms with Crippen molar-refractivity contribution in [2.45, 2.75) is 44.7 Å². The zero-order valence-corrected chi connectivity index (χ0v) is 27.0. The minimum atomic E-state index is -0.907. The summed E-state index contributed by atoms with van der Waals surface area (Å²) in [6, 6.07) is 34.0. The number of benzene rings is 4. The first-order chi connectivity index (χ1) is 23.4. The van der Waals surface area contributed by atoms with Gasteiger partial charge in [0.1, 0.15) is 17.5 Å². The molecule has 4 aromatic rings. The Labute approximate surface area is 282 Å². The highest BCUT2D eigenvalue weighted by molar-refractivity contribution is 6.04. The molecule has 0 radical (unpaired) electrons. The van der Waals surface area contributed by atoms with E-state index in [4.69, 9.17) is 10.5 Å². The molecule has 0 saturated heterocycles. The van der Waals surface area contributed by atoms with Gasteiger partial charge >= 0.3 is 0 Å². The number of para-hydroxylation sites is 4. The standard InChI is InChI=1S/C40H42N4O4/c1-2-13-33(38(41)45)34(25-28-14-11-15-28)39(46)42-35-27-43(30-17-5-3-6-18-30)36-22-9-10-23-37(36)44(40(35)47)26-29-16-12-21-32(24-29)48-31-19-7-4-8-20-31/h2-10,12,16-24,28,33-35H,1,11,13-15,25-27H2,(H2,41,45)(H,42,46). The Morgan fingerprint density at radius 3 is 2.21 bits per heavy atom. The summed E-state index contributed by atoms with van der Waals surface area (Å²) < 4.78 is 6.10. The van der Waals surface area contributed by atoms with E-state index in [1.807, 2.05) is 109 Å². The van der Waals surface area contributed by atoms with Crippen LogP contribution in [0.2, 0.25) is 0 Å². The van der Waals surface area contributed by atoms with Gasteiger partial charge in [-0.25, -0.2) is 0 Å². The number of primary amides is 1. The number of nitrogens with two attached hydrogens (primary N) is 1. The van der Waals surface area contributed by atoms with Crippen molar-refractivity contribution in [2.75, 3.05) is 16.3 Å². The lowest BCUT2D eigenvalue weighted by Crippen LogP contribution is -2.54. The average Bonchev–Trinajstić information content (AvgIpc) is 3.19. The summed E-state index contributed by atoms with van der Waals surface area (Å²) in [5, 5.41) is 3.11. The number of hydrogen-bond donors (Lipinski definition) is 2. The number of amides is 3. The van der Waals surface area contributed by atoms with Gasteiger partial charge in [-0.05, 0) is 72.9 Å². The van der Waals surface area contributed by atoms with Gasteiger partial charge in [-0.3, -0.25) is 14.4 Å².